The lowest BCUT2D eigenvalue weighted by atomic mass is 9.72. The van der Waals surface area contributed by atoms with E-state index in [0.29, 0.717) is 19.0 Å². The molecule has 1 spiro atoms. The van der Waals surface area contributed by atoms with Gasteiger partial charge in [-0.2, -0.15) is 0 Å². The third kappa shape index (κ3) is 4.06. The van der Waals surface area contributed by atoms with Gasteiger partial charge in [0.25, 0.3) is 0 Å². The number of likely N-dealkylation sites (N-methyl/N-ethyl adjacent to an activating group) is 1. The van der Waals surface area contributed by atoms with Crippen molar-refractivity contribution in [1.82, 2.24) is 15.1 Å². The van der Waals surface area contributed by atoms with Crippen LogP contribution in [0.25, 0.3) is 0 Å². The van der Waals surface area contributed by atoms with E-state index in [1.165, 1.54) is 5.69 Å². The first-order chi connectivity index (χ1) is 13.9. The number of nitrogens with one attached hydrogen (secondary N) is 1. The first-order valence-corrected chi connectivity index (χ1v) is 10.5. The van der Waals surface area contributed by atoms with Crippen molar-refractivity contribution < 1.29 is 14.3 Å². The highest BCUT2D eigenvalue weighted by Gasteiger charge is 2.53. The second-order valence-corrected chi connectivity index (χ2v) is 9.00. The number of ether oxygens (including phenoxy) is 1. The molecule has 4 rings (SSSR count). The normalized spacial score (nSPS) is 25.5. The molecule has 3 saturated heterocycles. The first-order valence-electron chi connectivity index (χ1n) is 10.5. The molecule has 1 aromatic rings. The maximum atomic E-state index is 12.8. The van der Waals surface area contributed by atoms with E-state index in [2.05, 4.69) is 34.3 Å². The molecule has 2 atom stereocenters. The molecule has 7 nitrogen and oxygen atoms in total. The molecule has 29 heavy (non-hydrogen) atoms. The Hall–Kier alpha value is -2.28. The van der Waals surface area contributed by atoms with Gasteiger partial charge in [-0.25, -0.2) is 0 Å². The highest BCUT2D eigenvalue weighted by Crippen LogP contribution is 2.42. The fourth-order valence-corrected chi connectivity index (χ4v) is 5.05. The van der Waals surface area contributed by atoms with Gasteiger partial charge in [-0.1, -0.05) is 0 Å². The summed E-state index contributed by atoms with van der Waals surface area (Å²) in [5, 5.41) is 2.90. The molecule has 3 aliphatic rings. The van der Waals surface area contributed by atoms with Crippen molar-refractivity contribution in [2.75, 3.05) is 51.8 Å². The summed E-state index contributed by atoms with van der Waals surface area (Å²) < 4.78 is 5.22. The van der Waals surface area contributed by atoms with Crippen molar-refractivity contribution in [2.24, 2.45) is 5.41 Å². The van der Waals surface area contributed by atoms with Crippen molar-refractivity contribution in [3.8, 4) is 5.75 Å². The zero-order chi connectivity index (χ0) is 20.6. The SMILES string of the molecule is COc1ccc(N2CC3(CN(C(=O)C[C@@H]4CC[C@H](CNC(C)=O)N4C)C3)C2)cc1. The van der Waals surface area contributed by atoms with E-state index < -0.39 is 0 Å². The number of amides is 2. The Morgan fingerprint density at radius 2 is 1.76 bits per heavy atom. The zero-order valence-electron chi connectivity index (χ0n) is 17.7. The van der Waals surface area contributed by atoms with Gasteiger partial charge in [-0.05, 0) is 44.2 Å². The van der Waals surface area contributed by atoms with Crippen LogP contribution in [0.2, 0.25) is 0 Å². The first kappa shape index (κ1) is 20.0. The van der Waals surface area contributed by atoms with Gasteiger partial charge in [0.05, 0.1) is 7.11 Å². The number of likely N-dealkylation sites (tertiary alicyclic amines) is 2. The van der Waals surface area contributed by atoms with Crippen molar-refractivity contribution in [1.29, 1.82) is 0 Å². The van der Waals surface area contributed by atoms with Crippen molar-refractivity contribution in [3.63, 3.8) is 0 Å². The van der Waals surface area contributed by atoms with Gasteiger partial charge < -0.3 is 19.9 Å². The molecule has 158 valence electrons. The zero-order valence-corrected chi connectivity index (χ0v) is 17.7. The highest BCUT2D eigenvalue weighted by molar-refractivity contribution is 5.78. The van der Waals surface area contributed by atoms with Gasteiger partial charge in [0.2, 0.25) is 11.8 Å². The van der Waals surface area contributed by atoms with Crippen molar-refractivity contribution in [2.45, 2.75) is 38.3 Å². The monoisotopic (exact) mass is 400 g/mol. The van der Waals surface area contributed by atoms with Crippen LogP contribution in [0.15, 0.2) is 24.3 Å². The minimum absolute atomic E-state index is 0.00739. The number of hydrogen-bond donors (Lipinski definition) is 1. The molecule has 1 aromatic carbocycles. The van der Waals surface area contributed by atoms with Crippen molar-refractivity contribution in [3.05, 3.63) is 24.3 Å². The van der Waals surface area contributed by atoms with Crippen LogP contribution in [-0.2, 0) is 9.59 Å². The Morgan fingerprint density at radius 1 is 1.10 bits per heavy atom. The van der Waals surface area contributed by atoms with E-state index in [0.717, 1.165) is 44.8 Å². The standard InChI is InChI=1S/C22H32N4O3/c1-16(27)23-11-19-5-4-18(24(19)2)10-21(28)26-14-22(15-26)12-25(13-22)17-6-8-20(29-3)9-7-17/h6-9,18-19H,4-5,10-15H2,1-3H3,(H,23,27)/t18-,19+/m0/s1. The summed E-state index contributed by atoms with van der Waals surface area (Å²) in [5.41, 5.74) is 1.50. The molecule has 0 aromatic heterocycles. The molecular weight excluding hydrogens is 368 g/mol. The van der Waals surface area contributed by atoms with E-state index in [1.54, 1.807) is 14.0 Å². The molecular formula is C22H32N4O3. The lowest BCUT2D eigenvalue weighted by molar-refractivity contribution is -0.146. The second-order valence-electron chi connectivity index (χ2n) is 9.00. The number of carbonyl (C=O) groups excluding carboxylic acids is 2. The summed E-state index contributed by atoms with van der Waals surface area (Å²) >= 11 is 0. The van der Waals surface area contributed by atoms with E-state index in [9.17, 15) is 9.59 Å². The topological polar surface area (TPSA) is 65.1 Å². The molecule has 3 heterocycles. The molecule has 0 aliphatic carbocycles. The third-order valence-electron chi connectivity index (χ3n) is 6.88. The van der Waals surface area contributed by atoms with Crippen LogP contribution in [-0.4, -0.2) is 80.6 Å². The van der Waals surface area contributed by atoms with E-state index >= 15 is 0 Å². The largest absolute Gasteiger partial charge is 0.497 e. The second kappa shape index (κ2) is 7.86. The maximum Gasteiger partial charge on any atom is 0.224 e. The Labute approximate surface area is 173 Å². The van der Waals surface area contributed by atoms with Crippen LogP contribution in [0.3, 0.4) is 0 Å². The van der Waals surface area contributed by atoms with Gasteiger partial charge >= 0.3 is 0 Å². The predicted octanol–water partition coefficient (Wildman–Crippen LogP) is 1.33. The quantitative estimate of drug-likeness (QED) is 0.781. The molecule has 3 aliphatic heterocycles. The number of benzene rings is 1. The maximum absolute atomic E-state index is 12.8. The summed E-state index contributed by atoms with van der Waals surface area (Å²) in [7, 11) is 3.76. The number of rotatable bonds is 6. The summed E-state index contributed by atoms with van der Waals surface area (Å²) in [5.74, 6) is 1.16. The third-order valence-corrected chi connectivity index (χ3v) is 6.88. The lowest BCUT2D eigenvalue weighted by Crippen LogP contribution is -2.73. The Kier molecular flexibility index (Phi) is 5.42. The van der Waals surface area contributed by atoms with Gasteiger partial charge in [-0.15, -0.1) is 0 Å². The Bertz CT molecular complexity index is 752. The van der Waals surface area contributed by atoms with Crippen LogP contribution < -0.4 is 15.0 Å². The molecule has 0 unspecified atom stereocenters. The molecule has 0 radical (unpaired) electrons. The number of carbonyl (C=O) groups is 2. The van der Waals surface area contributed by atoms with Crippen molar-refractivity contribution >= 4 is 17.5 Å². The smallest absolute Gasteiger partial charge is 0.224 e. The average Bonchev–Trinajstić information content (AvgIpc) is 2.98. The van der Waals surface area contributed by atoms with Gasteiger partial charge in [0.1, 0.15) is 5.75 Å². The molecule has 7 heteroatoms. The van der Waals surface area contributed by atoms with Crippen LogP contribution in [0.5, 0.6) is 5.75 Å². The van der Waals surface area contributed by atoms with Crippen LogP contribution in [0.4, 0.5) is 5.69 Å². The minimum Gasteiger partial charge on any atom is -0.497 e. The predicted molar refractivity (Wildman–Crippen MR) is 112 cm³/mol. The van der Waals surface area contributed by atoms with Gasteiger partial charge in [0, 0.05) is 69.3 Å². The molecule has 0 bridgehead atoms. The van der Waals surface area contributed by atoms with E-state index in [1.807, 2.05) is 17.0 Å². The molecule has 1 N–H and O–H groups in total. The Morgan fingerprint density at radius 3 is 2.38 bits per heavy atom. The van der Waals surface area contributed by atoms with Gasteiger partial charge in [0.15, 0.2) is 0 Å². The molecule has 0 saturated carbocycles. The summed E-state index contributed by atoms with van der Waals surface area (Å²) in [6.45, 7) is 6.02. The van der Waals surface area contributed by atoms with Crippen LogP contribution in [0.1, 0.15) is 26.2 Å². The summed E-state index contributed by atoms with van der Waals surface area (Å²) in [4.78, 5) is 30.6. The van der Waals surface area contributed by atoms with E-state index in [4.69, 9.17) is 4.74 Å². The lowest BCUT2D eigenvalue weighted by Gasteiger charge is -2.61. The van der Waals surface area contributed by atoms with Crippen LogP contribution in [0, 0.1) is 5.41 Å². The fraction of sp³-hybridized carbons (Fsp3) is 0.636. The highest BCUT2D eigenvalue weighted by atomic mass is 16.5. The molecule has 2 amide bonds. The number of methoxy groups -OCH3 is 1. The number of nitrogens with zero attached hydrogens (tertiary/aromatic N) is 3. The fourth-order valence-electron chi connectivity index (χ4n) is 5.05. The number of hydrogen-bond acceptors (Lipinski definition) is 5. The van der Waals surface area contributed by atoms with Gasteiger partial charge in [-0.3, -0.25) is 14.5 Å². The molecule has 3 fully saturated rings. The van der Waals surface area contributed by atoms with Crippen LogP contribution >= 0.6 is 0 Å². The minimum atomic E-state index is 0.00739. The number of anilines is 1. The van der Waals surface area contributed by atoms with E-state index in [-0.39, 0.29) is 23.3 Å². The summed E-state index contributed by atoms with van der Waals surface area (Å²) in [6.07, 6.45) is 2.65. The Balaban J connectivity index is 1.20. The average molecular weight is 401 g/mol. The summed E-state index contributed by atoms with van der Waals surface area (Å²) in [6, 6.07) is 8.81.